The molecule has 17 heavy (non-hydrogen) atoms. The van der Waals surface area contributed by atoms with Crippen molar-refractivity contribution in [1.29, 1.82) is 0 Å². The number of hydrogen-bond donors (Lipinski definition) is 1. The predicted octanol–water partition coefficient (Wildman–Crippen LogP) is 3.11. The Hall–Kier alpha value is -1.26. The van der Waals surface area contributed by atoms with Crippen LogP contribution in [0.25, 0.3) is 21.9 Å². The first-order valence-electron chi connectivity index (χ1n) is 5.56. The van der Waals surface area contributed by atoms with Crippen molar-refractivity contribution in [3.05, 3.63) is 34.7 Å². The molecule has 0 saturated carbocycles. The van der Waals surface area contributed by atoms with Gasteiger partial charge in [0.25, 0.3) is 0 Å². The Labute approximate surface area is 107 Å². The first-order valence-corrected chi connectivity index (χ1v) is 6.35. The average Bonchev–Trinajstić information content (AvgIpc) is 2.92. The van der Waals surface area contributed by atoms with E-state index in [9.17, 15) is 0 Å². The standard InChI is InChI=1S/C13H12BrNO2/c1-7(15)6-10-8-2-4-17-13(8)11(14)9-3-5-16-12(9)10/h2-5,7H,6,15H2,1H3/p+1/t7-/m0/s1. The second-order valence-electron chi connectivity index (χ2n) is 4.43. The van der Waals surface area contributed by atoms with Gasteiger partial charge in [0.1, 0.15) is 11.2 Å². The van der Waals surface area contributed by atoms with E-state index < -0.39 is 0 Å². The highest BCUT2D eigenvalue weighted by atomic mass is 79.9. The van der Waals surface area contributed by atoms with Crippen molar-refractivity contribution in [3.8, 4) is 0 Å². The molecule has 0 spiro atoms. The van der Waals surface area contributed by atoms with Crippen LogP contribution in [0.3, 0.4) is 0 Å². The summed E-state index contributed by atoms with van der Waals surface area (Å²) in [6.45, 7) is 2.10. The van der Waals surface area contributed by atoms with Crippen molar-refractivity contribution in [2.24, 2.45) is 0 Å². The van der Waals surface area contributed by atoms with Gasteiger partial charge in [-0.25, -0.2) is 0 Å². The Morgan fingerprint density at radius 1 is 1.18 bits per heavy atom. The van der Waals surface area contributed by atoms with Crippen molar-refractivity contribution in [2.75, 3.05) is 0 Å². The van der Waals surface area contributed by atoms with Gasteiger partial charge < -0.3 is 14.6 Å². The molecule has 4 heteroatoms. The van der Waals surface area contributed by atoms with E-state index in [1.54, 1.807) is 12.5 Å². The fraction of sp³-hybridized carbons (Fsp3) is 0.231. The molecular weight excluding hydrogens is 282 g/mol. The van der Waals surface area contributed by atoms with E-state index in [0.717, 1.165) is 32.8 Å². The van der Waals surface area contributed by atoms with Gasteiger partial charge in [0.15, 0.2) is 0 Å². The highest BCUT2D eigenvalue weighted by Crippen LogP contribution is 2.37. The SMILES string of the molecule is C[C@H]([NH3+])Cc1c2ccoc2c(Br)c2ccoc12. The van der Waals surface area contributed by atoms with E-state index in [4.69, 9.17) is 8.83 Å². The number of fused-ring (bicyclic) bond motifs is 2. The molecule has 0 aliphatic rings. The van der Waals surface area contributed by atoms with E-state index >= 15 is 0 Å². The van der Waals surface area contributed by atoms with Crippen LogP contribution in [0.5, 0.6) is 0 Å². The topological polar surface area (TPSA) is 53.9 Å². The van der Waals surface area contributed by atoms with E-state index in [-0.39, 0.29) is 0 Å². The Balaban J connectivity index is 2.43. The van der Waals surface area contributed by atoms with Gasteiger partial charge in [0.05, 0.1) is 23.0 Å². The second kappa shape index (κ2) is 3.89. The minimum atomic E-state index is 0.336. The second-order valence-corrected chi connectivity index (χ2v) is 5.22. The Bertz CT molecular complexity index is 629. The number of hydrogen-bond acceptors (Lipinski definition) is 2. The molecule has 0 aliphatic heterocycles. The van der Waals surface area contributed by atoms with E-state index in [1.807, 2.05) is 12.1 Å². The maximum atomic E-state index is 5.61. The minimum Gasteiger partial charge on any atom is -0.464 e. The number of furan rings is 2. The summed E-state index contributed by atoms with van der Waals surface area (Å²) < 4.78 is 12.1. The first kappa shape index (κ1) is 10.9. The summed E-state index contributed by atoms with van der Waals surface area (Å²) in [4.78, 5) is 0. The molecule has 3 N–H and O–H groups in total. The summed E-state index contributed by atoms with van der Waals surface area (Å²) in [6, 6.07) is 4.28. The van der Waals surface area contributed by atoms with Gasteiger partial charge in [-0.15, -0.1) is 0 Å². The van der Waals surface area contributed by atoms with Gasteiger partial charge in [-0.2, -0.15) is 0 Å². The lowest BCUT2D eigenvalue weighted by molar-refractivity contribution is -0.413. The van der Waals surface area contributed by atoms with Crippen LogP contribution in [-0.2, 0) is 6.42 Å². The summed E-state index contributed by atoms with van der Waals surface area (Å²) in [5, 5.41) is 2.16. The number of benzene rings is 1. The smallest absolute Gasteiger partial charge is 0.149 e. The Morgan fingerprint density at radius 3 is 2.53 bits per heavy atom. The molecule has 0 bridgehead atoms. The zero-order chi connectivity index (χ0) is 12.0. The van der Waals surface area contributed by atoms with Crippen LogP contribution in [0.2, 0.25) is 0 Å². The molecule has 0 fully saturated rings. The van der Waals surface area contributed by atoms with Gasteiger partial charge in [-0.1, -0.05) is 0 Å². The van der Waals surface area contributed by atoms with Crippen molar-refractivity contribution < 1.29 is 14.6 Å². The molecule has 88 valence electrons. The molecule has 1 atom stereocenters. The third kappa shape index (κ3) is 1.59. The molecule has 1 aromatic carbocycles. The van der Waals surface area contributed by atoms with Crippen LogP contribution in [0.1, 0.15) is 12.5 Å². The summed E-state index contributed by atoms with van der Waals surface area (Å²) in [7, 11) is 0. The van der Waals surface area contributed by atoms with Crippen LogP contribution < -0.4 is 5.73 Å². The molecule has 0 radical (unpaired) electrons. The molecule has 2 heterocycles. The van der Waals surface area contributed by atoms with Crippen molar-refractivity contribution in [3.63, 3.8) is 0 Å². The van der Waals surface area contributed by atoms with Crippen LogP contribution in [-0.4, -0.2) is 6.04 Å². The molecule has 2 aromatic heterocycles. The molecule has 0 amide bonds. The molecule has 0 unspecified atom stereocenters. The molecule has 3 nitrogen and oxygen atoms in total. The summed E-state index contributed by atoms with van der Waals surface area (Å²) in [6.07, 6.45) is 4.31. The fourth-order valence-electron chi connectivity index (χ4n) is 2.23. The Kier molecular flexibility index (Phi) is 2.49. The van der Waals surface area contributed by atoms with Gasteiger partial charge >= 0.3 is 0 Å². The fourth-order valence-corrected chi connectivity index (χ4v) is 2.85. The van der Waals surface area contributed by atoms with Gasteiger partial charge in [0, 0.05) is 22.8 Å². The maximum absolute atomic E-state index is 5.61. The number of quaternary nitrogens is 1. The van der Waals surface area contributed by atoms with Gasteiger partial charge in [-0.3, -0.25) is 0 Å². The molecular formula is C13H13BrNO2+. The Morgan fingerprint density at radius 2 is 1.82 bits per heavy atom. The quantitative estimate of drug-likeness (QED) is 0.789. The highest BCUT2D eigenvalue weighted by molar-refractivity contribution is 9.10. The third-order valence-electron chi connectivity index (χ3n) is 2.92. The lowest BCUT2D eigenvalue weighted by atomic mass is 10.0. The van der Waals surface area contributed by atoms with Crippen molar-refractivity contribution in [1.82, 2.24) is 0 Å². The zero-order valence-corrected chi connectivity index (χ0v) is 11.1. The average molecular weight is 295 g/mol. The van der Waals surface area contributed by atoms with Crippen molar-refractivity contribution >= 4 is 37.9 Å². The summed E-state index contributed by atoms with van der Waals surface area (Å²) in [5.74, 6) is 0. The van der Waals surface area contributed by atoms with E-state index in [2.05, 4.69) is 28.6 Å². The maximum Gasteiger partial charge on any atom is 0.149 e. The van der Waals surface area contributed by atoms with E-state index in [1.165, 1.54) is 5.56 Å². The molecule has 0 saturated heterocycles. The van der Waals surface area contributed by atoms with Crippen LogP contribution in [0.15, 0.2) is 38.0 Å². The molecule has 3 aromatic rings. The van der Waals surface area contributed by atoms with Crippen LogP contribution >= 0.6 is 15.9 Å². The van der Waals surface area contributed by atoms with E-state index in [0.29, 0.717) is 6.04 Å². The normalized spacial score (nSPS) is 13.6. The zero-order valence-electron chi connectivity index (χ0n) is 9.50. The number of halogens is 1. The largest absolute Gasteiger partial charge is 0.464 e. The molecule has 0 aliphatic carbocycles. The van der Waals surface area contributed by atoms with Gasteiger partial charge in [0.2, 0.25) is 0 Å². The lowest BCUT2D eigenvalue weighted by Crippen LogP contribution is -2.60. The monoisotopic (exact) mass is 294 g/mol. The van der Waals surface area contributed by atoms with Crippen LogP contribution in [0, 0.1) is 0 Å². The first-order chi connectivity index (χ1) is 8.18. The predicted molar refractivity (Wildman–Crippen MR) is 69.7 cm³/mol. The summed E-state index contributed by atoms with van der Waals surface area (Å²) in [5.41, 5.74) is 7.05. The van der Waals surface area contributed by atoms with Crippen LogP contribution in [0.4, 0.5) is 0 Å². The third-order valence-corrected chi connectivity index (χ3v) is 3.71. The lowest BCUT2D eigenvalue weighted by Gasteiger charge is -2.06. The summed E-state index contributed by atoms with van der Waals surface area (Å²) >= 11 is 3.57. The number of rotatable bonds is 2. The molecule has 3 rings (SSSR count). The highest BCUT2D eigenvalue weighted by Gasteiger charge is 2.18. The van der Waals surface area contributed by atoms with Gasteiger partial charge in [-0.05, 0) is 35.0 Å². The van der Waals surface area contributed by atoms with Crippen molar-refractivity contribution in [2.45, 2.75) is 19.4 Å². The minimum absolute atomic E-state index is 0.336.